The molecule has 1 atom stereocenters. The van der Waals surface area contributed by atoms with Crippen molar-refractivity contribution in [2.45, 2.75) is 160 Å². The molecule has 4 nitrogen and oxygen atoms in total. The van der Waals surface area contributed by atoms with Crippen LogP contribution in [0.1, 0.15) is 154 Å². The molecule has 1 aliphatic heterocycles. The zero-order valence-corrected chi connectivity index (χ0v) is 28.9. The zero-order valence-electron chi connectivity index (χ0n) is 27.3. The van der Waals surface area contributed by atoms with Crippen molar-refractivity contribution in [3.8, 4) is 0 Å². The Morgan fingerprint density at radius 1 is 0.762 bits per heavy atom. The minimum atomic E-state index is 0. The van der Waals surface area contributed by atoms with Crippen LogP contribution in [0, 0.1) is 0 Å². The Labute approximate surface area is 272 Å². The first-order chi connectivity index (χ1) is 19.6. The molecule has 1 aliphatic rings. The van der Waals surface area contributed by atoms with Gasteiger partial charge >= 0.3 is 5.97 Å². The van der Waals surface area contributed by atoms with Crippen molar-refractivity contribution in [2.24, 2.45) is 5.73 Å². The van der Waals surface area contributed by atoms with Crippen LogP contribution in [0.15, 0.2) is 30.3 Å². The van der Waals surface area contributed by atoms with Crippen molar-refractivity contribution in [2.75, 3.05) is 26.2 Å². The number of nitrogens with two attached hydrogens (primary N) is 1. The van der Waals surface area contributed by atoms with Gasteiger partial charge in [0.15, 0.2) is 0 Å². The zero-order chi connectivity index (χ0) is 28.7. The van der Waals surface area contributed by atoms with E-state index in [4.69, 9.17) is 10.5 Å². The molecule has 1 heterocycles. The summed E-state index contributed by atoms with van der Waals surface area (Å²) in [5, 5.41) is 0. The highest BCUT2D eigenvalue weighted by Gasteiger charge is 2.35. The van der Waals surface area contributed by atoms with Gasteiger partial charge in [0.1, 0.15) is 6.10 Å². The molecule has 0 aliphatic carbocycles. The van der Waals surface area contributed by atoms with E-state index in [1.54, 1.807) is 0 Å². The number of hydrogen-bond donors (Lipinski definition) is 1. The Hall–Kier alpha value is -0.810. The van der Waals surface area contributed by atoms with Gasteiger partial charge in [-0.25, -0.2) is 0 Å². The summed E-state index contributed by atoms with van der Waals surface area (Å²) < 4.78 is 6.14. The number of piperidine rings is 1. The molecule has 1 unspecified atom stereocenters. The molecule has 0 spiro atoms. The smallest absolute Gasteiger partial charge is 0.306 e. The lowest BCUT2D eigenvalue weighted by atomic mass is 9.73. The molecule has 2 rings (SSSR count). The number of nitrogens with zero attached hydrogens (tertiary/aromatic N) is 1. The number of likely N-dealkylation sites (tertiary alicyclic amines) is 1. The Bertz CT molecular complexity index is 741. The van der Waals surface area contributed by atoms with Gasteiger partial charge in [-0.2, -0.15) is 0 Å². The van der Waals surface area contributed by atoms with Crippen molar-refractivity contribution >= 4 is 30.8 Å². The van der Waals surface area contributed by atoms with E-state index in [1.165, 1.54) is 95.5 Å². The molecule has 1 aromatic rings. The van der Waals surface area contributed by atoms with Crippen LogP contribution >= 0.6 is 24.8 Å². The number of carbonyl (C=O) groups is 1. The molecule has 42 heavy (non-hydrogen) atoms. The fourth-order valence-electron chi connectivity index (χ4n) is 6.37. The Balaban J connectivity index is 0.00000840. The van der Waals surface area contributed by atoms with Gasteiger partial charge in [0.25, 0.3) is 0 Å². The maximum absolute atomic E-state index is 12.8. The summed E-state index contributed by atoms with van der Waals surface area (Å²) in [6.45, 7) is 8.15. The Morgan fingerprint density at radius 3 is 1.74 bits per heavy atom. The number of rotatable bonds is 24. The van der Waals surface area contributed by atoms with Crippen LogP contribution in [-0.4, -0.2) is 43.2 Å². The monoisotopic (exact) mass is 628 g/mol. The van der Waals surface area contributed by atoms with E-state index in [0.717, 1.165) is 58.2 Å². The number of hydrogen-bond acceptors (Lipinski definition) is 4. The Kier molecular flexibility index (Phi) is 26.1. The summed E-state index contributed by atoms with van der Waals surface area (Å²) in [6, 6.07) is 10.8. The molecule has 2 N–H and O–H groups in total. The third kappa shape index (κ3) is 17.5. The second kappa shape index (κ2) is 26.6. The van der Waals surface area contributed by atoms with Crippen LogP contribution in [0.4, 0.5) is 0 Å². The third-order valence-corrected chi connectivity index (χ3v) is 9.21. The third-order valence-electron chi connectivity index (χ3n) is 9.21. The second-order valence-corrected chi connectivity index (χ2v) is 12.6. The predicted molar refractivity (Wildman–Crippen MR) is 186 cm³/mol. The fraction of sp³-hybridized carbons (Fsp3) is 0.806. The first-order valence-electron chi connectivity index (χ1n) is 17.3. The van der Waals surface area contributed by atoms with E-state index >= 15 is 0 Å². The number of carbonyl (C=O) groups excluding carboxylic acids is 1. The van der Waals surface area contributed by atoms with E-state index in [1.807, 2.05) is 0 Å². The lowest BCUT2D eigenvalue weighted by molar-refractivity contribution is -0.150. The van der Waals surface area contributed by atoms with E-state index in [2.05, 4.69) is 49.1 Å². The van der Waals surface area contributed by atoms with Crippen LogP contribution in [-0.2, 0) is 14.9 Å². The van der Waals surface area contributed by atoms with Gasteiger partial charge in [-0.1, -0.05) is 140 Å². The molecule has 0 bridgehead atoms. The topological polar surface area (TPSA) is 55.6 Å². The second-order valence-electron chi connectivity index (χ2n) is 12.6. The number of unbranched alkanes of at least 4 members (excludes halogenated alkanes) is 15. The summed E-state index contributed by atoms with van der Waals surface area (Å²) in [5.74, 6) is 0.0169. The number of halogens is 2. The molecule has 1 fully saturated rings. The SMILES string of the molecule is CCCCCCCCCCCCC(CN1CCC(CN)(c2ccccc2)CC1)OC(=O)CCCCCCCCC.Cl.Cl. The minimum absolute atomic E-state index is 0. The Morgan fingerprint density at radius 2 is 1.24 bits per heavy atom. The molecule has 1 aromatic carbocycles. The van der Waals surface area contributed by atoms with E-state index < -0.39 is 0 Å². The summed E-state index contributed by atoms with van der Waals surface area (Å²) in [7, 11) is 0. The maximum Gasteiger partial charge on any atom is 0.306 e. The van der Waals surface area contributed by atoms with E-state index in [-0.39, 0.29) is 42.3 Å². The average Bonchev–Trinajstić information content (AvgIpc) is 2.98. The van der Waals surface area contributed by atoms with Crippen LogP contribution < -0.4 is 5.73 Å². The largest absolute Gasteiger partial charge is 0.461 e. The minimum Gasteiger partial charge on any atom is -0.461 e. The highest BCUT2D eigenvalue weighted by molar-refractivity contribution is 5.85. The van der Waals surface area contributed by atoms with Gasteiger partial charge in [0.2, 0.25) is 0 Å². The predicted octanol–water partition coefficient (Wildman–Crippen LogP) is 10.2. The number of ether oxygens (including phenoxy) is 1. The van der Waals surface area contributed by atoms with Gasteiger partial charge < -0.3 is 10.5 Å². The highest BCUT2D eigenvalue weighted by atomic mass is 35.5. The lowest BCUT2D eigenvalue weighted by Crippen LogP contribution is -2.48. The van der Waals surface area contributed by atoms with Crippen LogP contribution in [0.3, 0.4) is 0 Å². The van der Waals surface area contributed by atoms with Crippen molar-refractivity contribution in [1.29, 1.82) is 0 Å². The molecular formula is C36H66Cl2N2O2. The number of esters is 1. The number of benzene rings is 1. The molecule has 0 amide bonds. The van der Waals surface area contributed by atoms with Crippen molar-refractivity contribution in [1.82, 2.24) is 4.90 Å². The van der Waals surface area contributed by atoms with E-state index in [9.17, 15) is 4.79 Å². The van der Waals surface area contributed by atoms with Gasteiger partial charge in [0.05, 0.1) is 0 Å². The summed E-state index contributed by atoms with van der Waals surface area (Å²) in [5.41, 5.74) is 7.79. The lowest BCUT2D eigenvalue weighted by Gasteiger charge is -2.42. The first kappa shape index (κ1) is 41.2. The molecule has 246 valence electrons. The standard InChI is InChI=1S/C36H64N2O2.2ClH/c1-3-5-7-9-11-12-13-15-16-21-25-34(40-35(39)26-22-17-14-10-8-6-4-2)31-38-29-27-36(32-37,28-30-38)33-23-19-18-20-24-33;;/h18-20,23-24,34H,3-17,21-22,25-32,37H2,1-2H3;2*1H. The summed E-state index contributed by atoms with van der Waals surface area (Å²) in [6.07, 6.45) is 25.7. The molecule has 1 saturated heterocycles. The van der Waals surface area contributed by atoms with Crippen LogP contribution in [0.25, 0.3) is 0 Å². The highest BCUT2D eigenvalue weighted by Crippen LogP contribution is 2.34. The van der Waals surface area contributed by atoms with E-state index in [0.29, 0.717) is 13.0 Å². The molecule has 0 aromatic heterocycles. The average molecular weight is 630 g/mol. The maximum atomic E-state index is 12.8. The molecule has 0 saturated carbocycles. The quantitative estimate of drug-likeness (QED) is 0.0913. The summed E-state index contributed by atoms with van der Waals surface area (Å²) >= 11 is 0. The summed E-state index contributed by atoms with van der Waals surface area (Å²) in [4.78, 5) is 15.3. The molecular weight excluding hydrogens is 563 g/mol. The van der Waals surface area contributed by atoms with Gasteiger partial charge in [-0.15, -0.1) is 24.8 Å². The normalized spacial score (nSPS) is 15.4. The fourth-order valence-corrected chi connectivity index (χ4v) is 6.37. The van der Waals surface area contributed by atoms with Crippen molar-refractivity contribution in [3.05, 3.63) is 35.9 Å². The van der Waals surface area contributed by atoms with Crippen molar-refractivity contribution < 1.29 is 9.53 Å². The first-order valence-corrected chi connectivity index (χ1v) is 17.3. The van der Waals surface area contributed by atoms with Gasteiger partial charge in [-0.3, -0.25) is 9.69 Å². The van der Waals surface area contributed by atoms with Crippen molar-refractivity contribution in [3.63, 3.8) is 0 Å². The molecule has 6 heteroatoms. The van der Waals surface area contributed by atoms with Gasteiger partial charge in [-0.05, 0) is 50.8 Å². The van der Waals surface area contributed by atoms with Crippen LogP contribution in [0.2, 0.25) is 0 Å². The molecule has 0 radical (unpaired) electrons. The van der Waals surface area contributed by atoms with Crippen LogP contribution in [0.5, 0.6) is 0 Å². The van der Waals surface area contributed by atoms with Gasteiger partial charge in [0, 0.05) is 24.9 Å².